The average molecular weight is 338 g/mol. The lowest BCUT2D eigenvalue weighted by atomic mass is 9.96. The molecule has 2 N–H and O–H groups in total. The molecule has 1 fully saturated rings. The van der Waals surface area contributed by atoms with Crippen LogP contribution in [0.25, 0.3) is 0 Å². The molecule has 2 unspecified atom stereocenters. The van der Waals surface area contributed by atoms with Crippen molar-refractivity contribution in [2.24, 2.45) is 5.92 Å². The lowest BCUT2D eigenvalue weighted by molar-refractivity contribution is -0.141. The first kappa shape index (κ1) is 14.3. The van der Waals surface area contributed by atoms with Gasteiger partial charge in [0.15, 0.2) is 0 Å². The molecule has 0 bridgehead atoms. The summed E-state index contributed by atoms with van der Waals surface area (Å²) in [5, 5.41) is 11.7. The van der Waals surface area contributed by atoms with Crippen LogP contribution >= 0.6 is 15.9 Å². The van der Waals surface area contributed by atoms with E-state index in [0.717, 1.165) is 6.07 Å². The molecule has 1 heterocycles. The van der Waals surface area contributed by atoms with Crippen LogP contribution in [0.2, 0.25) is 0 Å². The minimum absolute atomic E-state index is 0.0822. The molecule has 0 saturated carbocycles. The monoisotopic (exact) mass is 337 g/mol. The molecule has 1 aromatic rings. The number of hydrogen-bond donors (Lipinski definition) is 2. The number of halogens is 4. The van der Waals surface area contributed by atoms with E-state index in [-0.39, 0.29) is 18.5 Å². The number of aliphatic carboxylic acids is 1. The number of carboxylic acids is 1. The Bertz CT molecular complexity index is 504. The first-order valence-corrected chi connectivity index (χ1v) is 6.41. The Morgan fingerprint density at radius 2 is 2.11 bits per heavy atom. The van der Waals surface area contributed by atoms with E-state index in [0.29, 0.717) is 4.47 Å². The Morgan fingerprint density at radius 3 is 2.63 bits per heavy atom. The van der Waals surface area contributed by atoms with Gasteiger partial charge in [0.05, 0.1) is 11.5 Å². The molecule has 1 aliphatic heterocycles. The number of hydrogen-bond acceptors (Lipinski definition) is 2. The van der Waals surface area contributed by atoms with Gasteiger partial charge in [0.25, 0.3) is 0 Å². The van der Waals surface area contributed by atoms with E-state index in [2.05, 4.69) is 21.2 Å². The summed E-state index contributed by atoms with van der Waals surface area (Å²) in [5.41, 5.74) is -0.649. The third-order valence-electron chi connectivity index (χ3n) is 3.19. The maximum absolute atomic E-state index is 13.0. The van der Waals surface area contributed by atoms with Crippen LogP contribution in [0.1, 0.15) is 23.6 Å². The van der Waals surface area contributed by atoms with Crippen molar-refractivity contribution in [2.45, 2.75) is 18.6 Å². The van der Waals surface area contributed by atoms with Crippen LogP contribution in [0, 0.1) is 5.92 Å². The number of benzene rings is 1. The number of carboxylic acid groups (broad SMARTS) is 1. The van der Waals surface area contributed by atoms with Crippen molar-refractivity contribution in [3.05, 3.63) is 33.8 Å². The van der Waals surface area contributed by atoms with E-state index in [9.17, 15) is 18.0 Å². The van der Waals surface area contributed by atoms with E-state index in [1.807, 2.05) is 0 Å². The molecule has 0 radical (unpaired) electrons. The van der Waals surface area contributed by atoms with Crippen LogP contribution in [0.3, 0.4) is 0 Å². The number of alkyl halides is 3. The van der Waals surface area contributed by atoms with Gasteiger partial charge in [-0.1, -0.05) is 22.0 Å². The van der Waals surface area contributed by atoms with E-state index in [1.165, 1.54) is 12.1 Å². The van der Waals surface area contributed by atoms with Gasteiger partial charge in [-0.2, -0.15) is 13.2 Å². The van der Waals surface area contributed by atoms with Gasteiger partial charge in [-0.25, -0.2) is 0 Å². The van der Waals surface area contributed by atoms with E-state index in [4.69, 9.17) is 5.11 Å². The molecule has 19 heavy (non-hydrogen) atoms. The van der Waals surface area contributed by atoms with Crippen molar-refractivity contribution >= 4 is 21.9 Å². The Morgan fingerprint density at radius 1 is 1.42 bits per heavy atom. The highest BCUT2D eigenvalue weighted by Gasteiger charge is 2.39. The summed E-state index contributed by atoms with van der Waals surface area (Å²) in [4.78, 5) is 10.9. The lowest BCUT2D eigenvalue weighted by Crippen LogP contribution is -2.20. The average Bonchev–Trinajstić information content (AvgIpc) is 2.76. The molecule has 3 nitrogen and oxygen atoms in total. The highest BCUT2D eigenvalue weighted by molar-refractivity contribution is 9.10. The van der Waals surface area contributed by atoms with Crippen molar-refractivity contribution in [2.75, 3.05) is 6.54 Å². The van der Waals surface area contributed by atoms with Crippen molar-refractivity contribution in [1.82, 2.24) is 5.32 Å². The smallest absolute Gasteiger partial charge is 0.416 e. The summed E-state index contributed by atoms with van der Waals surface area (Å²) >= 11 is 3.12. The van der Waals surface area contributed by atoms with Crippen LogP contribution in [-0.2, 0) is 11.0 Å². The largest absolute Gasteiger partial charge is 0.481 e. The van der Waals surface area contributed by atoms with E-state index in [1.54, 1.807) is 0 Å². The second-order valence-corrected chi connectivity index (χ2v) is 5.28. The molecule has 0 spiro atoms. The van der Waals surface area contributed by atoms with Crippen molar-refractivity contribution in [3.63, 3.8) is 0 Å². The SMILES string of the molecule is O=C(O)C1CNC(c2c(Br)cccc2C(F)(F)F)C1. The highest BCUT2D eigenvalue weighted by atomic mass is 79.9. The topological polar surface area (TPSA) is 49.3 Å². The summed E-state index contributed by atoms with van der Waals surface area (Å²) in [7, 11) is 0. The highest BCUT2D eigenvalue weighted by Crippen LogP contribution is 2.41. The fraction of sp³-hybridized carbons (Fsp3) is 0.417. The van der Waals surface area contributed by atoms with Crippen molar-refractivity contribution in [3.8, 4) is 0 Å². The molecule has 104 valence electrons. The van der Waals surface area contributed by atoms with Crippen molar-refractivity contribution in [1.29, 1.82) is 0 Å². The van der Waals surface area contributed by atoms with Crippen LogP contribution in [0.15, 0.2) is 22.7 Å². The molecule has 0 amide bonds. The number of nitrogens with one attached hydrogen (secondary N) is 1. The summed E-state index contributed by atoms with van der Waals surface area (Å²) in [5.74, 6) is -1.64. The molecule has 0 aromatic heterocycles. The summed E-state index contributed by atoms with van der Waals surface area (Å²) < 4.78 is 39.3. The molecule has 2 rings (SSSR count). The minimum Gasteiger partial charge on any atom is -0.481 e. The van der Waals surface area contributed by atoms with E-state index >= 15 is 0 Å². The predicted octanol–water partition coefficient (Wildman–Crippen LogP) is 3.20. The van der Waals surface area contributed by atoms with Gasteiger partial charge in [0.2, 0.25) is 0 Å². The Labute approximate surface area is 115 Å². The quantitative estimate of drug-likeness (QED) is 0.871. The Hall–Kier alpha value is -1.08. The molecule has 2 atom stereocenters. The van der Waals surface area contributed by atoms with Crippen molar-refractivity contribution < 1.29 is 23.1 Å². The zero-order valence-corrected chi connectivity index (χ0v) is 11.3. The summed E-state index contributed by atoms with van der Waals surface area (Å²) in [6, 6.07) is 3.25. The standard InChI is InChI=1S/C12H11BrF3NO2/c13-8-3-1-2-7(12(14,15)16)10(8)9-4-6(5-17-9)11(18)19/h1-3,6,9,17H,4-5H2,(H,18,19). The summed E-state index contributed by atoms with van der Waals surface area (Å²) in [6.45, 7) is 0.179. The third-order valence-corrected chi connectivity index (χ3v) is 3.88. The molecule has 1 aromatic carbocycles. The second kappa shape index (κ2) is 5.13. The maximum Gasteiger partial charge on any atom is 0.416 e. The van der Waals surface area contributed by atoms with Gasteiger partial charge in [-0.3, -0.25) is 4.79 Å². The number of rotatable bonds is 2. The Balaban J connectivity index is 2.38. The first-order valence-electron chi connectivity index (χ1n) is 5.62. The van der Waals surface area contributed by atoms with Gasteiger partial charge in [-0.15, -0.1) is 0 Å². The molecule has 1 saturated heterocycles. The van der Waals surface area contributed by atoms with Gasteiger partial charge < -0.3 is 10.4 Å². The third kappa shape index (κ3) is 2.92. The van der Waals surface area contributed by atoms with E-state index < -0.39 is 29.7 Å². The normalized spacial score (nSPS) is 23.6. The first-order chi connectivity index (χ1) is 8.80. The molecule has 1 aliphatic rings. The number of carbonyl (C=O) groups is 1. The minimum atomic E-state index is -4.46. The lowest BCUT2D eigenvalue weighted by Gasteiger charge is -2.19. The predicted molar refractivity (Wildman–Crippen MR) is 65.6 cm³/mol. The van der Waals surface area contributed by atoms with Gasteiger partial charge in [0, 0.05) is 17.1 Å². The molecule has 0 aliphatic carbocycles. The maximum atomic E-state index is 13.0. The molecular formula is C12H11BrF3NO2. The second-order valence-electron chi connectivity index (χ2n) is 4.43. The van der Waals surface area contributed by atoms with Crippen LogP contribution in [-0.4, -0.2) is 17.6 Å². The zero-order valence-electron chi connectivity index (χ0n) is 9.67. The molecular weight excluding hydrogens is 327 g/mol. The van der Waals surface area contributed by atoms with Gasteiger partial charge in [-0.05, 0) is 24.1 Å². The summed E-state index contributed by atoms with van der Waals surface area (Å²) in [6.07, 6.45) is -4.30. The zero-order chi connectivity index (χ0) is 14.2. The fourth-order valence-electron chi connectivity index (χ4n) is 2.28. The van der Waals surface area contributed by atoms with Crippen LogP contribution in [0.5, 0.6) is 0 Å². The van der Waals surface area contributed by atoms with Crippen LogP contribution < -0.4 is 5.32 Å². The van der Waals surface area contributed by atoms with Gasteiger partial charge in [0.1, 0.15) is 0 Å². The fourth-order valence-corrected chi connectivity index (χ4v) is 2.92. The van der Waals surface area contributed by atoms with Gasteiger partial charge >= 0.3 is 12.1 Å². The van der Waals surface area contributed by atoms with Crippen LogP contribution in [0.4, 0.5) is 13.2 Å². The Kier molecular flexibility index (Phi) is 3.87. The molecule has 7 heteroatoms.